The number of benzene rings is 5. The van der Waals surface area contributed by atoms with Gasteiger partial charge in [0.15, 0.2) is 6.29 Å². The summed E-state index contributed by atoms with van der Waals surface area (Å²) in [4.78, 5) is 7.95. The molecule has 10 rings (SSSR count). The lowest BCUT2D eigenvalue weighted by Gasteiger charge is -2.36. The molecule has 2 N–H and O–H groups in total. The quantitative estimate of drug-likeness (QED) is 0.196. The molecule has 2 aliphatic heterocycles. The Morgan fingerprint density at radius 1 is 0.700 bits per heavy atom. The smallest absolute Gasteiger partial charge is 0.184 e. The van der Waals surface area contributed by atoms with Crippen LogP contribution in [0.1, 0.15) is 47.2 Å². The predicted octanol–water partition coefficient (Wildman–Crippen LogP) is 10.0. The topological polar surface area (TPSA) is 44.6 Å². The first-order valence-electron chi connectivity index (χ1n) is 17.7. The van der Waals surface area contributed by atoms with Crippen molar-refractivity contribution < 1.29 is 0 Å². The summed E-state index contributed by atoms with van der Waals surface area (Å²) in [7, 11) is 0. The average molecular weight is 648 g/mol. The standard InChI is InChI=1S/C45H37N5/c1-4-14-30(15-5-1)31-24-26-33(27-25-31)44-46-43(32-16-6-2-7-17-32)47-45(48-44)50-40-23-13-11-21-36(40)38-28-41-37(29-42(38)50)35-20-10-12-22-39(35)49(41)34-18-8-3-9-19-34/h1-16,18-28,32,37,44-45,48H,17,29H2,(H,46,47). The Kier molecular flexibility index (Phi) is 6.91. The van der Waals surface area contributed by atoms with Crippen LogP contribution < -0.4 is 15.5 Å². The molecule has 5 aromatic carbocycles. The molecular formula is C45H37N5. The lowest BCUT2D eigenvalue weighted by atomic mass is 9.87. The van der Waals surface area contributed by atoms with Gasteiger partial charge in [-0.05, 0) is 59.0 Å². The molecule has 6 aromatic rings. The number of aromatic nitrogens is 1. The molecule has 4 unspecified atom stereocenters. The van der Waals surface area contributed by atoms with E-state index in [0.717, 1.165) is 18.7 Å². The average Bonchev–Trinajstić information content (AvgIpc) is 3.70. The van der Waals surface area contributed by atoms with Crippen molar-refractivity contribution in [3.63, 3.8) is 0 Å². The van der Waals surface area contributed by atoms with Crippen LogP contribution in [0.2, 0.25) is 0 Å². The Bertz CT molecular complexity index is 2350. The number of aliphatic imine (C=N–C) groups is 1. The molecule has 0 saturated carbocycles. The minimum Gasteiger partial charge on any atom is -0.354 e. The van der Waals surface area contributed by atoms with E-state index in [1.54, 1.807) is 0 Å². The molecule has 5 heteroatoms. The van der Waals surface area contributed by atoms with Crippen LogP contribution in [0.3, 0.4) is 0 Å². The summed E-state index contributed by atoms with van der Waals surface area (Å²) >= 11 is 0. The lowest BCUT2D eigenvalue weighted by molar-refractivity contribution is 0.323. The highest BCUT2D eigenvalue weighted by Crippen LogP contribution is 2.53. The summed E-state index contributed by atoms with van der Waals surface area (Å²) in [5, 5.41) is 9.02. The van der Waals surface area contributed by atoms with Gasteiger partial charge in [0.2, 0.25) is 0 Å². The van der Waals surface area contributed by atoms with Crippen LogP contribution in [0.5, 0.6) is 0 Å². The zero-order valence-electron chi connectivity index (χ0n) is 27.7. The molecule has 5 nitrogen and oxygen atoms in total. The molecule has 0 saturated heterocycles. The summed E-state index contributed by atoms with van der Waals surface area (Å²) in [5.41, 5.74) is 12.6. The number of hydrogen-bond donors (Lipinski definition) is 2. The molecule has 4 aliphatic rings. The summed E-state index contributed by atoms with van der Waals surface area (Å²) in [6.07, 6.45) is 12.7. The first-order valence-corrected chi connectivity index (χ1v) is 17.7. The third-order valence-electron chi connectivity index (χ3n) is 10.7. The highest BCUT2D eigenvalue weighted by atomic mass is 15.4. The molecule has 0 amide bonds. The Morgan fingerprint density at radius 2 is 1.44 bits per heavy atom. The number of para-hydroxylation sites is 3. The fraction of sp³-hybridized carbons (Fsp3) is 0.133. The van der Waals surface area contributed by atoms with Gasteiger partial charge >= 0.3 is 0 Å². The van der Waals surface area contributed by atoms with E-state index in [1.165, 1.54) is 61.5 Å². The second-order valence-electron chi connectivity index (χ2n) is 13.6. The molecule has 2 aliphatic carbocycles. The van der Waals surface area contributed by atoms with Crippen LogP contribution in [0.4, 0.5) is 11.4 Å². The third-order valence-corrected chi connectivity index (χ3v) is 10.7. The first-order chi connectivity index (χ1) is 24.8. The van der Waals surface area contributed by atoms with E-state index in [4.69, 9.17) is 4.99 Å². The van der Waals surface area contributed by atoms with E-state index in [0.29, 0.717) is 0 Å². The largest absolute Gasteiger partial charge is 0.354 e. The van der Waals surface area contributed by atoms with E-state index in [9.17, 15) is 0 Å². The molecule has 50 heavy (non-hydrogen) atoms. The van der Waals surface area contributed by atoms with E-state index in [-0.39, 0.29) is 24.3 Å². The van der Waals surface area contributed by atoms with Gasteiger partial charge < -0.3 is 14.8 Å². The number of anilines is 2. The number of fused-ring (bicyclic) bond motifs is 6. The molecule has 4 atom stereocenters. The van der Waals surface area contributed by atoms with Crippen LogP contribution >= 0.6 is 0 Å². The van der Waals surface area contributed by atoms with Crippen molar-refractivity contribution in [2.24, 2.45) is 10.9 Å². The van der Waals surface area contributed by atoms with Gasteiger partial charge in [-0.3, -0.25) is 5.32 Å². The van der Waals surface area contributed by atoms with Crippen molar-refractivity contribution >= 4 is 34.2 Å². The molecule has 0 bridgehead atoms. The molecule has 0 spiro atoms. The van der Waals surface area contributed by atoms with Gasteiger partial charge in [-0.2, -0.15) is 0 Å². The van der Waals surface area contributed by atoms with Gasteiger partial charge in [0.05, 0.1) is 5.52 Å². The summed E-state index contributed by atoms with van der Waals surface area (Å²) in [6.45, 7) is 0. The Balaban J connectivity index is 1.10. The van der Waals surface area contributed by atoms with Crippen LogP contribution in [0, 0.1) is 5.92 Å². The monoisotopic (exact) mass is 647 g/mol. The Labute approximate surface area is 292 Å². The summed E-state index contributed by atoms with van der Waals surface area (Å²) < 4.78 is 2.49. The highest BCUT2D eigenvalue weighted by Gasteiger charge is 2.40. The van der Waals surface area contributed by atoms with Crippen LogP contribution in [-0.4, -0.2) is 10.4 Å². The van der Waals surface area contributed by atoms with Gasteiger partial charge in [-0.1, -0.05) is 133 Å². The molecule has 242 valence electrons. The van der Waals surface area contributed by atoms with Crippen molar-refractivity contribution in [3.05, 3.63) is 186 Å². The Hall–Kier alpha value is -5.91. The number of allylic oxidation sites excluding steroid dienone is 4. The van der Waals surface area contributed by atoms with E-state index in [2.05, 4.69) is 184 Å². The molecule has 0 radical (unpaired) electrons. The molecule has 1 aromatic heterocycles. The second-order valence-corrected chi connectivity index (χ2v) is 13.6. The van der Waals surface area contributed by atoms with Gasteiger partial charge in [-0.25, -0.2) is 4.99 Å². The molecular weight excluding hydrogens is 611 g/mol. The normalized spacial score (nSPS) is 22.0. The van der Waals surface area contributed by atoms with Gasteiger partial charge in [-0.15, -0.1) is 0 Å². The van der Waals surface area contributed by atoms with Crippen molar-refractivity contribution in [2.75, 3.05) is 4.90 Å². The van der Waals surface area contributed by atoms with Crippen molar-refractivity contribution in [2.45, 2.75) is 31.2 Å². The minimum atomic E-state index is -0.283. The number of nitrogens with one attached hydrogen (secondary N) is 2. The fourth-order valence-electron chi connectivity index (χ4n) is 8.36. The highest BCUT2D eigenvalue weighted by molar-refractivity contribution is 5.96. The maximum absolute atomic E-state index is 5.48. The van der Waals surface area contributed by atoms with Gasteiger partial charge in [0.1, 0.15) is 12.0 Å². The molecule has 0 fully saturated rings. The van der Waals surface area contributed by atoms with E-state index in [1.807, 2.05) is 0 Å². The first kappa shape index (κ1) is 29.0. The van der Waals surface area contributed by atoms with Gasteiger partial charge in [0, 0.05) is 52.0 Å². The summed E-state index contributed by atoms with van der Waals surface area (Å²) in [6, 6.07) is 48.1. The summed E-state index contributed by atoms with van der Waals surface area (Å²) in [5.74, 6) is 1.47. The van der Waals surface area contributed by atoms with E-state index >= 15 is 0 Å². The van der Waals surface area contributed by atoms with Crippen LogP contribution in [0.25, 0.3) is 28.1 Å². The van der Waals surface area contributed by atoms with Crippen molar-refractivity contribution in [3.8, 4) is 11.1 Å². The number of hydrogen-bond acceptors (Lipinski definition) is 4. The Morgan fingerprint density at radius 3 is 2.26 bits per heavy atom. The minimum absolute atomic E-state index is 0.107. The second kappa shape index (κ2) is 11.9. The van der Waals surface area contributed by atoms with Crippen LogP contribution in [0.15, 0.2) is 168 Å². The predicted molar refractivity (Wildman–Crippen MR) is 205 cm³/mol. The molecule has 3 heterocycles. The van der Waals surface area contributed by atoms with E-state index < -0.39 is 0 Å². The third kappa shape index (κ3) is 4.77. The number of nitrogens with zero attached hydrogens (tertiary/aromatic N) is 3. The van der Waals surface area contributed by atoms with Crippen LogP contribution in [-0.2, 0) is 6.42 Å². The lowest BCUT2D eigenvalue weighted by Crippen LogP contribution is -2.48. The maximum Gasteiger partial charge on any atom is 0.184 e. The van der Waals surface area contributed by atoms with Crippen molar-refractivity contribution in [1.82, 2.24) is 15.2 Å². The maximum atomic E-state index is 5.48. The van der Waals surface area contributed by atoms with Crippen molar-refractivity contribution in [1.29, 1.82) is 0 Å². The fourth-order valence-corrected chi connectivity index (χ4v) is 8.36. The number of rotatable bonds is 5. The zero-order chi connectivity index (χ0) is 33.0. The number of amidine groups is 1. The zero-order valence-corrected chi connectivity index (χ0v) is 27.7. The van der Waals surface area contributed by atoms with Gasteiger partial charge in [0.25, 0.3) is 0 Å². The SMILES string of the molecule is C1=CCC(C2=NC(n3c4c(c5ccccc53)C=C3C(C4)c4ccccc4N3c3ccccc3)NC(c3ccc(-c4ccccc4)cc3)N2)C=C1.